The molecule has 0 spiro atoms. The molecule has 2 heterocycles. The third-order valence-corrected chi connectivity index (χ3v) is 5.23. The molecule has 0 unspecified atom stereocenters. The van der Waals surface area contributed by atoms with Gasteiger partial charge < -0.3 is 15.1 Å². The van der Waals surface area contributed by atoms with Gasteiger partial charge in [-0.25, -0.2) is 9.18 Å². The van der Waals surface area contributed by atoms with Crippen molar-refractivity contribution in [2.24, 2.45) is 0 Å². The van der Waals surface area contributed by atoms with Crippen molar-refractivity contribution >= 4 is 17.6 Å². The number of hydrogen-bond acceptors (Lipinski definition) is 2. The quantitative estimate of drug-likeness (QED) is 0.906. The van der Waals surface area contributed by atoms with Crippen LogP contribution >= 0.6 is 0 Å². The van der Waals surface area contributed by atoms with E-state index in [0.717, 1.165) is 44.2 Å². The van der Waals surface area contributed by atoms with Gasteiger partial charge in [0.05, 0.1) is 0 Å². The lowest BCUT2D eigenvalue weighted by molar-refractivity contribution is -0.127. The van der Waals surface area contributed by atoms with E-state index in [0.29, 0.717) is 25.2 Å². The molecule has 3 rings (SSSR count). The Balaban J connectivity index is 1.62. The van der Waals surface area contributed by atoms with Crippen LogP contribution in [-0.2, 0) is 4.79 Å². The number of anilines is 1. The number of halogens is 1. The molecule has 2 aliphatic heterocycles. The highest BCUT2D eigenvalue weighted by molar-refractivity contribution is 5.90. The predicted octanol–water partition coefficient (Wildman–Crippen LogP) is 3.53. The van der Waals surface area contributed by atoms with Gasteiger partial charge in [-0.05, 0) is 56.7 Å². The summed E-state index contributed by atoms with van der Waals surface area (Å²) in [6.45, 7) is 4.10. The van der Waals surface area contributed by atoms with Crippen molar-refractivity contribution in [2.45, 2.75) is 51.5 Å². The third-order valence-electron chi connectivity index (χ3n) is 5.23. The third kappa shape index (κ3) is 4.30. The van der Waals surface area contributed by atoms with Crippen molar-refractivity contribution in [3.05, 3.63) is 29.6 Å². The summed E-state index contributed by atoms with van der Waals surface area (Å²) >= 11 is 0. The molecule has 3 amide bonds. The minimum absolute atomic E-state index is 0.135. The van der Waals surface area contributed by atoms with Gasteiger partial charge in [-0.2, -0.15) is 0 Å². The molecule has 25 heavy (non-hydrogen) atoms. The first-order chi connectivity index (χ1) is 12.0. The number of amides is 3. The highest BCUT2D eigenvalue weighted by atomic mass is 19.1. The van der Waals surface area contributed by atoms with E-state index in [1.54, 1.807) is 6.07 Å². The van der Waals surface area contributed by atoms with Crippen molar-refractivity contribution in [2.75, 3.05) is 25.0 Å². The summed E-state index contributed by atoms with van der Waals surface area (Å²) in [4.78, 5) is 28.2. The van der Waals surface area contributed by atoms with Crippen LogP contribution in [0.25, 0.3) is 0 Å². The van der Waals surface area contributed by atoms with Gasteiger partial charge in [0, 0.05) is 37.8 Å². The maximum atomic E-state index is 13.4. The van der Waals surface area contributed by atoms with Crippen LogP contribution in [0.3, 0.4) is 0 Å². The molecular formula is C19H26FN3O2. The molecule has 1 aromatic carbocycles. The first-order valence-corrected chi connectivity index (χ1v) is 9.16. The number of piperidine rings is 1. The van der Waals surface area contributed by atoms with Crippen LogP contribution in [0.2, 0.25) is 0 Å². The van der Waals surface area contributed by atoms with Gasteiger partial charge in [-0.1, -0.05) is 6.07 Å². The van der Waals surface area contributed by atoms with Gasteiger partial charge in [-0.15, -0.1) is 0 Å². The van der Waals surface area contributed by atoms with Gasteiger partial charge in [-0.3, -0.25) is 4.79 Å². The summed E-state index contributed by atoms with van der Waals surface area (Å²) in [6, 6.07) is 4.37. The molecule has 6 heteroatoms. The smallest absolute Gasteiger partial charge is 0.322 e. The molecule has 0 saturated carbocycles. The second-order valence-corrected chi connectivity index (χ2v) is 7.01. The fourth-order valence-corrected chi connectivity index (χ4v) is 3.73. The average molecular weight is 347 g/mol. The fourth-order valence-electron chi connectivity index (χ4n) is 3.73. The number of urea groups is 1. The van der Waals surface area contributed by atoms with Crippen molar-refractivity contribution in [1.82, 2.24) is 9.80 Å². The zero-order valence-corrected chi connectivity index (χ0v) is 14.8. The number of aryl methyl sites for hydroxylation is 1. The number of carbonyl (C=O) groups is 2. The Hall–Kier alpha value is -2.11. The van der Waals surface area contributed by atoms with Crippen LogP contribution in [0.1, 0.15) is 44.1 Å². The molecule has 0 bridgehead atoms. The molecule has 1 atom stereocenters. The maximum absolute atomic E-state index is 13.4. The Kier molecular flexibility index (Phi) is 5.56. The Morgan fingerprint density at radius 1 is 1.28 bits per heavy atom. The average Bonchev–Trinajstić information content (AvgIpc) is 3.01. The molecule has 136 valence electrons. The van der Waals surface area contributed by atoms with Gasteiger partial charge in [0.2, 0.25) is 5.91 Å². The van der Waals surface area contributed by atoms with Crippen LogP contribution < -0.4 is 5.32 Å². The van der Waals surface area contributed by atoms with E-state index in [1.165, 1.54) is 12.1 Å². The van der Waals surface area contributed by atoms with Crippen molar-refractivity contribution in [3.8, 4) is 0 Å². The lowest BCUT2D eigenvalue weighted by Crippen LogP contribution is -2.47. The zero-order valence-electron chi connectivity index (χ0n) is 14.8. The minimum atomic E-state index is -0.358. The Bertz CT molecular complexity index is 650. The molecule has 0 aromatic heterocycles. The van der Waals surface area contributed by atoms with Crippen LogP contribution in [0, 0.1) is 12.7 Å². The van der Waals surface area contributed by atoms with E-state index in [2.05, 4.69) is 5.32 Å². The van der Waals surface area contributed by atoms with Crippen molar-refractivity contribution in [1.29, 1.82) is 0 Å². The first-order valence-electron chi connectivity index (χ1n) is 9.16. The number of benzene rings is 1. The molecule has 5 nitrogen and oxygen atoms in total. The molecule has 2 fully saturated rings. The molecule has 1 aromatic rings. The molecule has 1 N–H and O–H groups in total. The number of nitrogens with zero attached hydrogens (tertiary/aromatic N) is 2. The monoisotopic (exact) mass is 347 g/mol. The molecule has 2 aliphatic rings. The Labute approximate surface area is 148 Å². The molecule has 0 radical (unpaired) electrons. The van der Waals surface area contributed by atoms with Crippen LogP contribution in [0.5, 0.6) is 0 Å². The minimum Gasteiger partial charge on any atom is -0.343 e. The zero-order chi connectivity index (χ0) is 17.8. The van der Waals surface area contributed by atoms with Crippen LogP contribution in [0.15, 0.2) is 18.2 Å². The number of nitrogens with one attached hydrogen (secondary N) is 1. The van der Waals surface area contributed by atoms with E-state index < -0.39 is 0 Å². The number of rotatable bonds is 4. The summed E-state index contributed by atoms with van der Waals surface area (Å²) in [5.74, 6) is -0.133. The van der Waals surface area contributed by atoms with E-state index >= 15 is 0 Å². The summed E-state index contributed by atoms with van der Waals surface area (Å²) in [7, 11) is 0. The highest BCUT2D eigenvalue weighted by Crippen LogP contribution is 2.23. The maximum Gasteiger partial charge on any atom is 0.322 e. The lowest BCUT2D eigenvalue weighted by Gasteiger charge is -2.36. The predicted molar refractivity (Wildman–Crippen MR) is 94.9 cm³/mol. The number of likely N-dealkylation sites (tertiary alicyclic amines) is 2. The standard InChI is InChI=1S/C19H26FN3O2/c1-14-7-8-15(20)13-17(14)21-19(25)23-11-3-2-5-16(23)9-12-22-10-4-6-18(22)24/h7-8,13,16H,2-6,9-12H2,1H3,(H,21,25)/t16-/m1/s1. The Morgan fingerprint density at radius 3 is 2.88 bits per heavy atom. The Morgan fingerprint density at radius 2 is 2.12 bits per heavy atom. The van der Waals surface area contributed by atoms with E-state index in [1.807, 2.05) is 16.7 Å². The van der Waals surface area contributed by atoms with Crippen molar-refractivity contribution in [3.63, 3.8) is 0 Å². The van der Waals surface area contributed by atoms with Crippen LogP contribution in [-0.4, -0.2) is 47.4 Å². The van der Waals surface area contributed by atoms with Gasteiger partial charge in [0.15, 0.2) is 0 Å². The van der Waals surface area contributed by atoms with E-state index in [-0.39, 0.29) is 23.8 Å². The van der Waals surface area contributed by atoms with Crippen molar-refractivity contribution < 1.29 is 14.0 Å². The second-order valence-electron chi connectivity index (χ2n) is 7.01. The number of carbonyl (C=O) groups excluding carboxylic acids is 2. The van der Waals surface area contributed by atoms with E-state index in [9.17, 15) is 14.0 Å². The van der Waals surface area contributed by atoms with Crippen LogP contribution in [0.4, 0.5) is 14.9 Å². The molecular weight excluding hydrogens is 321 g/mol. The number of hydrogen-bond donors (Lipinski definition) is 1. The summed E-state index contributed by atoms with van der Waals surface area (Å²) in [6.07, 6.45) is 5.43. The van der Waals surface area contributed by atoms with Gasteiger partial charge in [0.1, 0.15) is 5.82 Å². The second kappa shape index (κ2) is 7.85. The lowest BCUT2D eigenvalue weighted by atomic mass is 9.99. The highest BCUT2D eigenvalue weighted by Gasteiger charge is 2.28. The van der Waals surface area contributed by atoms with E-state index in [4.69, 9.17) is 0 Å². The molecule has 2 saturated heterocycles. The largest absolute Gasteiger partial charge is 0.343 e. The molecule has 0 aliphatic carbocycles. The first kappa shape index (κ1) is 17.7. The fraction of sp³-hybridized carbons (Fsp3) is 0.579. The summed E-state index contributed by atoms with van der Waals surface area (Å²) in [5, 5.41) is 2.85. The van der Waals surface area contributed by atoms with Gasteiger partial charge >= 0.3 is 6.03 Å². The SMILES string of the molecule is Cc1ccc(F)cc1NC(=O)N1CCCC[C@@H]1CCN1CCCC1=O. The van der Waals surface area contributed by atoms with Gasteiger partial charge in [0.25, 0.3) is 0 Å². The topological polar surface area (TPSA) is 52.7 Å². The summed E-state index contributed by atoms with van der Waals surface area (Å²) < 4.78 is 13.4. The summed E-state index contributed by atoms with van der Waals surface area (Å²) in [5.41, 5.74) is 1.36. The normalized spacial score (nSPS) is 20.9.